The summed E-state index contributed by atoms with van der Waals surface area (Å²) in [7, 11) is 2.00. The Morgan fingerprint density at radius 2 is 1.84 bits per heavy atom. The number of aromatic nitrogens is 2. The number of rotatable bonds is 4. The second-order valence-electron chi connectivity index (χ2n) is 4.76. The molecule has 0 aliphatic heterocycles. The molecule has 0 unspecified atom stereocenters. The Morgan fingerprint density at radius 1 is 1.16 bits per heavy atom. The topological polar surface area (TPSA) is 29.0 Å². The van der Waals surface area contributed by atoms with Gasteiger partial charge in [0.2, 0.25) is 5.95 Å². The molecule has 0 aliphatic rings. The molecular formula is C15H18ClN3. The molecule has 0 fully saturated rings. The van der Waals surface area contributed by atoms with E-state index in [1.54, 1.807) is 6.20 Å². The number of benzene rings is 1. The Labute approximate surface area is 119 Å². The van der Waals surface area contributed by atoms with Gasteiger partial charge in [0.05, 0.1) is 5.88 Å². The van der Waals surface area contributed by atoms with Crippen molar-refractivity contribution in [3.63, 3.8) is 0 Å². The Balaban J connectivity index is 2.13. The molecule has 0 aliphatic carbocycles. The first-order valence-corrected chi connectivity index (χ1v) is 6.79. The molecule has 4 heteroatoms. The zero-order valence-electron chi connectivity index (χ0n) is 11.5. The summed E-state index contributed by atoms with van der Waals surface area (Å²) in [5.41, 5.74) is 4.44. The van der Waals surface area contributed by atoms with Gasteiger partial charge in [0.15, 0.2) is 0 Å². The van der Waals surface area contributed by atoms with E-state index in [4.69, 9.17) is 11.6 Å². The van der Waals surface area contributed by atoms with Gasteiger partial charge in [-0.1, -0.05) is 29.8 Å². The molecule has 1 aromatic heterocycles. The van der Waals surface area contributed by atoms with Crippen LogP contribution in [0.4, 0.5) is 5.95 Å². The van der Waals surface area contributed by atoms with Gasteiger partial charge in [-0.05, 0) is 19.4 Å². The average molecular weight is 276 g/mol. The van der Waals surface area contributed by atoms with E-state index >= 15 is 0 Å². The van der Waals surface area contributed by atoms with Crippen LogP contribution < -0.4 is 4.90 Å². The fourth-order valence-corrected chi connectivity index (χ4v) is 2.10. The predicted molar refractivity (Wildman–Crippen MR) is 79.6 cm³/mol. The number of aryl methyl sites for hydroxylation is 2. The largest absolute Gasteiger partial charge is 0.340 e. The van der Waals surface area contributed by atoms with Crippen LogP contribution in [0.5, 0.6) is 0 Å². The molecule has 0 spiro atoms. The minimum Gasteiger partial charge on any atom is -0.340 e. The van der Waals surface area contributed by atoms with Gasteiger partial charge in [0.25, 0.3) is 0 Å². The summed E-state index contributed by atoms with van der Waals surface area (Å²) < 4.78 is 0. The molecule has 0 atom stereocenters. The summed E-state index contributed by atoms with van der Waals surface area (Å²) >= 11 is 5.82. The lowest BCUT2D eigenvalue weighted by Crippen LogP contribution is -2.19. The monoisotopic (exact) mass is 275 g/mol. The highest BCUT2D eigenvalue weighted by Crippen LogP contribution is 2.14. The Bertz CT molecular complexity index is 552. The lowest BCUT2D eigenvalue weighted by atomic mass is 10.1. The van der Waals surface area contributed by atoms with Crippen LogP contribution in [-0.2, 0) is 12.4 Å². The van der Waals surface area contributed by atoms with Crippen molar-refractivity contribution >= 4 is 17.5 Å². The Hall–Kier alpha value is -1.61. The molecule has 0 amide bonds. The first kappa shape index (κ1) is 13.8. The number of anilines is 1. The molecule has 0 bridgehead atoms. The summed E-state index contributed by atoms with van der Waals surface area (Å²) in [5.74, 6) is 1.18. The van der Waals surface area contributed by atoms with Crippen molar-refractivity contribution in [2.75, 3.05) is 11.9 Å². The maximum atomic E-state index is 5.82. The van der Waals surface area contributed by atoms with Crippen molar-refractivity contribution < 1.29 is 0 Å². The van der Waals surface area contributed by atoms with E-state index in [9.17, 15) is 0 Å². The zero-order chi connectivity index (χ0) is 13.8. The maximum Gasteiger partial charge on any atom is 0.225 e. The third-order valence-corrected chi connectivity index (χ3v) is 3.38. The van der Waals surface area contributed by atoms with Crippen LogP contribution in [0, 0.1) is 13.8 Å². The van der Waals surface area contributed by atoms with E-state index in [1.807, 2.05) is 18.9 Å². The Morgan fingerprint density at radius 3 is 2.42 bits per heavy atom. The van der Waals surface area contributed by atoms with Crippen LogP contribution in [0.25, 0.3) is 0 Å². The SMILES string of the molecule is Cc1ccc(CN(C)c2ncc(CCl)c(C)n2)cc1. The van der Waals surface area contributed by atoms with E-state index in [0.29, 0.717) is 5.88 Å². The smallest absolute Gasteiger partial charge is 0.225 e. The third-order valence-electron chi connectivity index (χ3n) is 3.09. The van der Waals surface area contributed by atoms with E-state index in [1.165, 1.54) is 11.1 Å². The van der Waals surface area contributed by atoms with Gasteiger partial charge in [0.1, 0.15) is 0 Å². The number of alkyl halides is 1. The molecule has 2 rings (SSSR count). The number of hydrogen-bond acceptors (Lipinski definition) is 3. The van der Waals surface area contributed by atoms with E-state index in [-0.39, 0.29) is 0 Å². The van der Waals surface area contributed by atoms with Gasteiger partial charge in [0, 0.05) is 31.0 Å². The number of halogens is 1. The summed E-state index contributed by atoms with van der Waals surface area (Å²) in [6.07, 6.45) is 1.80. The van der Waals surface area contributed by atoms with Gasteiger partial charge in [-0.2, -0.15) is 0 Å². The van der Waals surface area contributed by atoms with Gasteiger partial charge in [-0.15, -0.1) is 11.6 Å². The van der Waals surface area contributed by atoms with Crippen LogP contribution in [0.15, 0.2) is 30.5 Å². The van der Waals surface area contributed by atoms with E-state index < -0.39 is 0 Å². The maximum absolute atomic E-state index is 5.82. The molecule has 3 nitrogen and oxygen atoms in total. The van der Waals surface area contributed by atoms with Crippen molar-refractivity contribution in [2.24, 2.45) is 0 Å². The molecule has 2 aromatic rings. The summed E-state index contributed by atoms with van der Waals surface area (Å²) in [6, 6.07) is 8.50. The average Bonchev–Trinajstić information content (AvgIpc) is 2.41. The minimum atomic E-state index is 0.452. The highest BCUT2D eigenvalue weighted by atomic mass is 35.5. The number of nitrogens with zero attached hydrogens (tertiary/aromatic N) is 3. The second-order valence-corrected chi connectivity index (χ2v) is 5.02. The third kappa shape index (κ3) is 3.44. The molecule has 0 saturated carbocycles. The van der Waals surface area contributed by atoms with E-state index in [2.05, 4.69) is 41.2 Å². The van der Waals surface area contributed by atoms with E-state index in [0.717, 1.165) is 23.8 Å². The van der Waals surface area contributed by atoms with Crippen LogP contribution in [-0.4, -0.2) is 17.0 Å². The zero-order valence-corrected chi connectivity index (χ0v) is 12.3. The Kier molecular flexibility index (Phi) is 4.38. The van der Waals surface area contributed by atoms with Gasteiger partial charge >= 0.3 is 0 Å². The second kappa shape index (κ2) is 6.02. The van der Waals surface area contributed by atoms with Crippen molar-refractivity contribution in [1.29, 1.82) is 0 Å². The summed E-state index contributed by atoms with van der Waals surface area (Å²) in [5, 5.41) is 0. The van der Waals surface area contributed by atoms with Crippen LogP contribution in [0.1, 0.15) is 22.4 Å². The number of hydrogen-bond donors (Lipinski definition) is 0. The summed E-state index contributed by atoms with van der Waals surface area (Å²) in [4.78, 5) is 10.9. The first-order valence-electron chi connectivity index (χ1n) is 6.25. The molecule has 0 N–H and O–H groups in total. The predicted octanol–water partition coefficient (Wildman–Crippen LogP) is 3.47. The van der Waals surface area contributed by atoms with Crippen LogP contribution in [0.2, 0.25) is 0 Å². The molecule has 1 heterocycles. The highest BCUT2D eigenvalue weighted by Gasteiger charge is 2.07. The summed E-state index contributed by atoms with van der Waals surface area (Å²) in [6.45, 7) is 4.84. The minimum absolute atomic E-state index is 0.452. The fourth-order valence-electron chi connectivity index (χ4n) is 1.83. The molecule has 19 heavy (non-hydrogen) atoms. The van der Waals surface area contributed by atoms with Crippen molar-refractivity contribution in [3.8, 4) is 0 Å². The van der Waals surface area contributed by atoms with Crippen molar-refractivity contribution in [2.45, 2.75) is 26.3 Å². The van der Waals surface area contributed by atoms with Gasteiger partial charge in [-0.3, -0.25) is 0 Å². The molecule has 100 valence electrons. The van der Waals surface area contributed by atoms with Gasteiger partial charge < -0.3 is 4.90 Å². The molecule has 0 radical (unpaired) electrons. The highest BCUT2D eigenvalue weighted by molar-refractivity contribution is 6.17. The van der Waals surface area contributed by atoms with Crippen LogP contribution >= 0.6 is 11.6 Å². The lowest BCUT2D eigenvalue weighted by Gasteiger charge is -2.18. The molecular weight excluding hydrogens is 258 g/mol. The van der Waals surface area contributed by atoms with Crippen molar-refractivity contribution in [3.05, 3.63) is 52.8 Å². The fraction of sp³-hybridized carbons (Fsp3) is 0.333. The van der Waals surface area contributed by atoms with Crippen LogP contribution in [0.3, 0.4) is 0 Å². The molecule has 1 aromatic carbocycles. The lowest BCUT2D eigenvalue weighted by molar-refractivity contribution is 0.854. The first-order chi connectivity index (χ1) is 9.10. The molecule has 0 saturated heterocycles. The quantitative estimate of drug-likeness (QED) is 0.800. The van der Waals surface area contributed by atoms with Crippen molar-refractivity contribution in [1.82, 2.24) is 9.97 Å². The normalized spacial score (nSPS) is 10.5. The standard InChI is InChI=1S/C15H18ClN3/c1-11-4-6-13(7-5-11)10-19(3)15-17-9-14(8-16)12(2)18-15/h4-7,9H,8,10H2,1-3H3. The van der Waals surface area contributed by atoms with Gasteiger partial charge in [-0.25, -0.2) is 9.97 Å².